The predicted molar refractivity (Wildman–Crippen MR) is 113 cm³/mol. The van der Waals surface area contributed by atoms with Crippen molar-refractivity contribution in [1.29, 1.82) is 0 Å². The second kappa shape index (κ2) is 8.93. The quantitative estimate of drug-likeness (QED) is 0.493. The number of amides is 1. The van der Waals surface area contributed by atoms with Crippen LogP contribution in [-0.4, -0.2) is 37.7 Å². The van der Waals surface area contributed by atoms with Crippen LogP contribution in [0.2, 0.25) is 0 Å². The molecule has 1 amide bonds. The van der Waals surface area contributed by atoms with Gasteiger partial charge in [-0.1, -0.05) is 12.1 Å². The summed E-state index contributed by atoms with van der Waals surface area (Å²) < 4.78 is 6.88. The Bertz CT molecular complexity index is 1140. The number of carbonyl (C=O) groups excluding carboxylic acids is 1. The zero-order chi connectivity index (χ0) is 20.9. The molecule has 0 radical (unpaired) electrons. The Morgan fingerprint density at radius 1 is 1.23 bits per heavy atom. The number of nitrogens with one attached hydrogen (secondary N) is 1. The Kier molecular flexibility index (Phi) is 5.92. The van der Waals surface area contributed by atoms with Crippen LogP contribution in [0.4, 0.5) is 0 Å². The molecule has 30 heavy (non-hydrogen) atoms. The molecule has 0 aliphatic carbocycles. The lowest BCUT2D eigenvalue weighted by molar-refractivity contribution is 0.0945. The van der Waals surface area contributed by atoms with E-state index in [0.29, 0.717) is 23.8 Å². The van der Waals surface area contributed by atoms with Crippen molar-refractivity contribution in [3.8, 4) is 16.5 Å². The number of thiophene rings is 1. The van der Waals surface area contributed by atoms with E-state index in [1.165, 1.54) is 6.20 Å². The van der Waals surface area contributed by atoms with Crippen LogP contribution in [-0.2, 0) is 17.9 Å². The number of hydrogen-bond donors (Lipinski definition) is 1. The predicted octanol–water partition coefficient (Wildman–Crippen LogP) is 3.17. The van der Waals surface area contributed by atoms with E-state index in [9.17, 15) is 4.79 Å². The van der Waals surface area contributed by atoms with Gasteiger partial charge in [-0.05, 0) is 35.6 Å². The van der Waals surface area contributed by atoms with Crippen molar-refractivity contribution < 1.29 is 9.53 Å². The summed E-state index contributed by atoms with van der Waals surface area (Å²) >= 11 is 1.61. The van der Waals surface area contributed by atoms with Crippen LogP contribution in [0, 0.1) is 6.92 Å². The molecule has 152 valence electrons. The van der Waals surface area contributed by atoms with E-state index in [4.69, 9.17) is 9.72 Å². The van der Waals surface area contributed by atoms with Gasteiger partial charge in [0, 0.05) is 32.2 Å². The van der Waals surface area contributed by atoms with Gasteiger partial charge in [-0.15, -0.1) is 11.3 Å². The van der Waals surface area contributed by atoms with Gasteiger partial charge in [-0.2, -0.15) is 9.78 Å². The second-order valence-corrected chi connectivity index (χ2v) is 7.52. The van der Waals surface area contributed by atoms with E-state index < -0.39 is 0 Å². The fourth-order valence-electron chi connectivity index (χ4n) is 2.99. The van der Waals surface area contributed by atoms with Crippen molar-refractivity contribution in [2.75, 3.05) is 7.11 Å². The first-order chi connectivity index (χ1) is 14.7. The molecule has 0 atom stereocenters. The molecule has 1 N–H and O–H groups in total. The SMILES string of the molecule is COCc1c(C(=O)NCc2cccnc2)cnn1-c1ncc(C)c(-c2cccs2)n1. The number of ether oxygens (including phenoxy) is 1. The lowest BCUT2D eigenvalue weighted by Gasteiger charge is -2.10. The summed E-state index contributed by atoms with van der Waals surface area (Å²) in [5.41, 5.74) is 3.73. The molecule has 0 aliphatic rings. The molecule has 0 saturated heterocycles. The van der Waals surface area contributed by atoms with Gasteiger partial charge < -0.3 is 10.1 Å². The Morgan fingerprint density at radius 3 is 2.87 bits per heavy atom. The van der Waals surface area contributed by atoms with E-state index in [-0.39, 0.29) is 12.5 Å². The normalized spacial score (nSPS) is 10.9. The molecule has 0 fully saturated rings. The molecule has 0 aromatic carbocycles. The number of aryl methyl sites for hydroxylation is 1. The standard InChI is InChI=1S/C21H20N6O2S/c1-14-9-24-21(26-19(14)18-6-4-8-30-18)27-17(13-29-2)16(12-25-27)20(28)23-11-15-5-3-7-22-10-15/h3-10,12H,11,13H2,1-2H3,(H,23,28). The van der Waals surface area contributed by atoms with Crippen LogP contribution in [0.3, 0.4) is 0 Å². The maximum Gasteiger partial charge on any atom is 0.255 e. The molecule has 9 heteroatoms. The lowest BCUT2D eigenvalue weighted by atomic mass is 10.2. The van der Waals surface area contributed by atoms with Gasteiger partial charge in [0.2, 0.25) is 0 Å². The first-order valence-electron chi connectivity index (χ1n) is 9.28. The molecule has 0 bridgehead atoms. The molecule has 4 aromatic heterocycles. The highest BCUT2D eigenvalue weighted by molar-refractivity contribution is 7.13. The molecular weight excluding hydrogens is 400 g/mol. The molecule has 0 aliphatic heterocycles. The first-order valence-corrected chi connectivity index (χ1v) is 10.2. The number of carbonyl (C=O) groups is 1. The Hall–Kier alpha value is -3.43. The fourth-order valence-corrected chi connectivity index (χ4v) is 3.77. The van der Waals surface area contributed by atoms with Crippen LogP contribution in [0.5, 0.6) is 0 Å². The van der Waals surface area contributed by atoms with Crippen LogP contribution in [0.25, 0.3) is 16.5 Å². The average molecular weight is 420 g/mol. The fraction of sp³-hybridized carbons (Fsp3) is 0.190. The van der Waals surface area contributed by atoms with E-state index in [2.05, 4.69) is 20.4 Å². The van der Waals surface area contributed by atoms with Crippen molar-refractivity contribution in [1.82, 2.24) is 30.0 Å². The third-order valence-corrected chi connectivity index (χ3v) is 5.35. The van der Waals surface area contributed by atoms with Crippen molar-refractivity contribution in [2.45, 2.75) is 20.1 Å². The van der Waals surface area contributed by atoms with Crippen LogP contribution >= 0.6 is 11.3 Å². The zero-order valence-corrected chi connectivity index (χ0v) is 17.4. The number of rotatable bonds is 7. The molecular formula is C21H20N6O2S. The number of pyridine rings is 1. The third-order valence-electron chi connectivity index (χ3n) is 4.47. The molecule has 0 unspecified atom stereocenters. The van der Waals surface area contributed by atoms with Gasteiger partial charge in [-0.25, -0.2) is 9.97 Å². The highest BCUT2D eigenvalue weighted by atomic mass is 32.1. The molecule has 0 saturated carbocycles. The molecule has 4 aromatic rings. The molecule has 4 heterocycles. The van der Waals surface area contributed by atoms with Gasteiger partial charge in [0.1, 0.15) is 0 Å². The number of hydrogen-bond acceptors (Lipinski definition) is 7. The molecule has 0 spiro atoms. The largest absolute Gasteiger partial charge is 0.378 e. The van der Waals surface area contributed by atoms with Crippen molar-refractivity contribution in [2.24, 2.45) is 0 Å². The Morgan fingerprint density at radius 2 is 2.13 bits per heavy atom. The van der Waals surface area contributed by atoms with Crippen molar-refractivity contribution in [3.63, 3.8) is 0 Å². The first kappa shape index (κ1) is 19.9. The number of methoxy groups -OCH3 is 1. The van der Waals surface area contributed by atoms with Gasteiger partial charge in [0.25, 0.3) is 11.9 Å². The van der Waals surface area contributed by atoms with E-state index >= 15 is 0 Å². The Labute approximate surface area is 177 Å². The van der Waals surface area contributed by atoms with Gasteiger partial charge >= 0.3 is 0 Å². The number of aromatic nitrogens is 5. The van der Waals surface area contributed by atoms with Crippen LogP contribution in [0.1, 0.15) is 27.2 Å². The minimum atomic E-state index is -0.247. The van der Waals surface area contributed by atoms with Crippen molar-refractivity contribution >= 4 is 17.2 Å². The molecule has 8 nitrogen and oxygen atoms in total. The Balaban J connectivity index is 1.64. The van der Waals surface area contributed by atoms with Gasteiger partial charge in [0.15, 0.2) is 0 Å². The summed E-state index contributed by atoms with van der Waals surface area (Å²) in [6, 6.07) is 7.73. The summed E-state index contributed by atoms with van der Waals surface area (Å²) in [4.78, 5) is 27.0. The smallest absolute Gasteiger partial charge is 0.255 e. The summed E-state index contributed by atoms with van der Waals surface area (Å²) in [7, 11) is 1.57. The van der Waals surface area contributed by atoms with Crippen LogP contribution < -0.4 is 5.32 Å². The molecule has 4 rings (SSSR count). The van der Waals surface area contributed by atoms with E-state index in [1.807, 2.05) is 36.6 Å². The minimum Gasteiger partial charge on any atom is -0.378 e. The lowest BCUT2D eigenvalue weighted by Crippen LogP contribution is -2.24. The maximum atomic E-state index is 12.8. The van der Waals surface area contributed by atoms with Crippen molar-refractivity contribution in [3.05, 3.63) is 76.8 Å². The highest BCUT2D eigenvalue weighted by Crippen LogP contribution is 2.26. The average Bonchev–Trinajstić information content (AvgIpc) is 3.44. The van der Waals surface area contributed by atoms with Gasteiger partial charge in [0.05, 0.1) is 34.6 Å². The number of nitrogens with zero attached hydrogens (tertiary/aromatic N) is 5. The third kappa shape index (κ3) is 4.12. The van der Waals surface area contributed by atoms with Crippen LogP contribution in [0.15, 0.2) is 54.4 Å². The van der Waals surface area contributed by atoms with E-state index in [1.54, 1.807) is 41.7 Å². The van der Waals surface area contributed by atoms with Gasteiger partial charge in [-0.3, -0.25) is 9.78 Å². The monoisotopic (exact) mass is 420 g/mol. The maximum absolute atomic E-state index is 12.8. The summed E-state index contributed by atoms with van der Waals surface area (Å²) in [5.74, 6) is 0.144. The minimum absolute atomic E-state index is 0.196. The summed E-state index contributed by atoms with van der Waals surface area (Å²) in [6.45, 7) is 2.53. The summed E-state index contributed by atoms with van der Waals surface area (Å²) in [6.07, 6.45) is 6.68. The second-order valence-electron chi connectivity index (χ2n) is 6.57. The van der Waals surface area contributed by atoms with E-state index in [0.717, 1.165) is 21.7 Å². The zero-order valence-electron chi connectivity index (χ0n) is 16.6. The summed E-state index contributed by atoms with van der Waals surface area (Å²) in [5, 5.41) is 9.28. The topological polar surface area (TPSA) is 94.8 Å². The highest BCUT2D eigenvalue weighted by Gasteiger charge is 2.20.